The molecule has 1 aromatic carbocycles. The number of benzene rings is 1. The minimum absolute atomic E-state index is 0.198. The number of thiazole rings is 1. The lowest BCUT2D eigenvalue weighted by Gasteiger charge is -1.95. The molecule has 3 rings (SSSR count). The molecule has 1 saturated carbocycles. The summed E-state index contributed by atoms with van der Waals surface area (Å²) in [6.07, 6.45) is 2.51. The van der Waals surface area contributed by atoms with E-state index in [1.54, 1.807) is 17.4 Å². The summed E-state index contributed by atoms with van der Waals surface area (Å²) in [5.41, 5.74) is 2.06. The van der Waals surface area contributed by atoms with Gasteiger partial charge in [0.05, 0.1) is 5.69 Å². The summed E-state index contributed by atoms with van der Waals surface area (Å²) in [5.74, 6) is 0.472. The van der Waals surface area contributed by atoms with E-state index in [2.05, 4.69) is 10.4 Å². The monoisotopic (exact) mass is 219 g/mol. The summed E-state index contributed by atoms with van der Waals surface area (Å²) in [5, 5.41) is 3.02. The molecule has 1 aliphatic rings. The molecule has 0 unspecified atom stereocenters. The Balaban J connectivity index is 1.97. The maximum absolute atomic E-state index is 13.0. The number of hydrogen-bond acceptors (Lipinski definition) is 2. The van der Waals surface area contributed by atoms with Crippen molar-refractivity contribution in [1.82, 2.24) is 4.98 Å². The zero-order valence-corrected chi connectivity index (χ0v) is 8.93. The van der Waals surface area contributed by atoms with Crippen molar-refractivity contribution < 1.29 is 4.39 Å². The minimum Gasteiger partial charge on any atom is -0.241 e. The van der Waals surface area contributed by atoms with Crippen LogP contribution >= 0.6 is 11.3 Å². The van der Waals surface area contributed by atoms with Gasteiger partial charge in [-0.3, -0.25) is 0 Å². The van der Waals surface area contributed by atoms with Crippen molar-refractivity contribution in [3.63, 3.8) is 0 Å². The Morgan fingerprint density at radius 1 is 1.33 bits per heavy atom. The molecule has 1 aliphatic carbocycles. The van der Waals surface area contributed by atoms with Crippen LogP contribution in [0, 0.1) is 5.82 Å². The number of rotatable bonds is 2. The van der Waals surface area contributed by atoms with Gasteiger partial charge in [-0.1, -0.05) is 12.1 Å². The second-order valence-corrected chi connectivity index (χ2v) is 4.72. The number of nitrogens with zero attached hydrogens (tertiary/aromatic N) is 1. The summed E-state index contributed by atoms with van der Waals surface area (Å²) in [6.45, 7) is 0. The van der Waals surface area contributed by atoms with E-state index in [0.717, 1.165) is 10.6 Å². The fourth-order valence-corrected chi connectivity index (χ4v) is 2.51. The Bertz CT molecular complexity index is 488. The van der Waals surface area contributed by atoms with E-state index < -0.39 is 0 Å². The molecular formula is C12H10FNS. The summed E-state index contributed by atoms with van der Waals surface area (Å²) < 4.78 is 13.0. The molecule has 2 aromatic rings. The molecule has 1 nitrogen and oxygen atoms in total. The van der Waals surface area contributed by atoms with E-state index in [9.17, 15) is 4.39 Å². The topological polar surface area (TPSA) is 12.9 Å². The first-order valence-electron chi connectivity index (χ1n) is 5.04. The minimum atomic E-state index is -0.198. The first-order valence-corrected chi connectivity index (χ1v) is 5.92. The zero-order chi connectivity index (χ0) is 10.3. The lowest BCUT2D eigenvalue weighted by Crippen LogP contribution is -1.81. The molecule has 0 radical (unpaired) electrons. The quantitative estimate of drug-likeness (QED) is 0.748. The van der Waals surface area contributed by atoms with Crippen LogP contribution in [-0.2, 0) is 0 Å². The molecule has 0 N–H and O–H groups in total. The normalized spacial score (nSPS) is 15.5. The third kappa shape index (κ3) is 1.79. The standard InChI is InChI=1S/C12H10FNS/c13-10-3-1-2-9(6-10)12-14-11(7-15-12)8-4-5-8/h1-3,6-8H,4-5H2. The van der Waals surface area contributed by atoms with Crippen molar-refractivity contribution >= 4 is 11.3 Å². The van der Waals surface area contributed by atoms with Crippen LogP contribution in [0.1, 0.15) is 24.5 Å². The van der Waals surface area contributed by atoms with E-state index in [1.807, 2.05) is 6.07 Å². The lowest BCUT2D eigenvalue weighted by atomic mass is 10.2. The molecule has 0 saturated heterocycles. The fourth-order valence-electron chi connectivity index (χ4n) is 1.61. The van der Waals surface area contributed by atoms with E-state index in [0.29, 0.717) is 5.92 Å². The smallest absolute Gasteiger partial charge is 0.123 e. The second kappa shape index (κ2) is 3.42. The number of hydrogen-bond donors (Lipinski definition) is 0. The third-order valence-electron chi connectivity index (χ3n) is 2.59. The van der Waals surface area contributed by atoms with Gasteiger partial charge in [-0.05, 0) is 25.0 Å². The van der Waals surface area contributed by atoms with Crippen LogP contribution in [-0.4, -0.2) is 4.98 Å². The molecule has 0 bridgehead atoms. The summed E-state index contributed by atoms with van der Waals surface area (Å²) >= 11 is 1.60. The highest BCUT2D eigenvalue weighted by molar-refractivity contribution is 7.13. The molecular weight excluding hydrogens is 209 g/mol. The molecule has 0 amide bonds. The Kier molecular flexibility index (Phi) is 2.06. The predicted octanol–water partition coefficient (Wildman–Crippen LogP) is 3.83. The van der Waals surface area contributed by atoms with Crippen molar-refractivity contribution in [2.75, 3.05) is 0 Å². The summed E-state index contributed by atoms with van der Waals surface area (Å²) in [7, 11) is 0. The Morgan fingerprint density at radius 3 is 2.93 bits per heavy atom. The highest BCUT2D eigenvalue weighted by Gasteiger charge is 2.26. The van der Waals surface area contributed by atoms with Crippen LogP contribution in [0.25, 0.3) is 10.6 Å². The second-order valence-electron chi connectivity index (χ2n) is 3.86. The molecule has 3 heteroatoms. The molecule has 1 aromatic heterocycles. The van der Waals surface area contributed by atoms with Crippen molar-refractivity contribution in [2.45, 2.75) is 18.8 Å². The largest absolute Gasteiger partial charge is 0.241 e. The van der Waals surface area contributed by atoms with E-state index in [4.69, 9.17) is 0 Å². The van der Waals surface area contributed by atoms with Crippen molar-refractivity contribution in [3.8, 4) is 10.6 Å². The Labute approximate surface area is 91.6 Å². The maximum atomic E-state index is 13.0. The summed E-state index contributed by atoms with van der Waals surface area (Å²) in [4.78, 5) is 4.54. The number of aromatic nitrogens is 1. The number of halogens is 1. The van der Waals surface area contributed by atoms with E-state index in [1.165, 1.54) is 30.7 Å². The van der Waals surface area contributed by atoms with Gasteiger partial charge in [0.1, 0.15) is 10.8 Å². The maximum Gasteiger partial charge on any atom is 0.123 e. The SMILES string of the molecule is Fc1cccc(-c2nc(C3CC3)cs2)c1. The lowest BCUT2D eigenvalue weighted by molar-refractivity contribution is 0.628. The molecule has 76 valence electrons. The van der Waals surface area contributed by atoms with Crippen LogP contribution in [0.3, 0.4) is 0 Å². The average Bonchev–Trinajstić information content (AvgIpc) is 2.97. The molecule has 1 fully saturated rings. The molecule has 15 heavy (non-hydrogen) atoms. The van der Waals surface area contributed by atoms with E-state index in [-0.39, 0.29) is 5.82 Å². The van der Waals surface area contributed by atoms with Gasteiger partial charge in [-0.15, -0.1) is 11.3 Å². The predicted molar refractivity (Wildman–Crippen MR) is 59.5 cm³/mol. The average molecular weight is 219 g/mol. The first kappa shape index (κ1) is 9.04. The molecule has 0 atom stereocenters. The van der Waals surface area contributed by atoms with Crippen LogP contribution in [0.2, 0.25) is 0 Å². The molecule has 1 heterocycles. The summed E-state index contributed by atoms with van der Waals surface area (Å²) in [6, 6.07) is 6.62. The molecule has 0 spiro atoms. The van der Waals surface area contributed by atoms with Gasteiger partial charge in [0, 0.05) is 16.9 Å². The van der Waals surface area contributed by atoms with Crippen LogP contribution in [0.4, 0.5) is 4.39 Å². The van der Waals surface area contributed by atoms with Crippen molar-refractivity contribution in [3.05, 3.63) is 41.2 Å². The van der Waals surface area contributed by atoms with Gasteiger partial charge < -0.3 is 0 Å². The Hall–Kier alpha value is -1.22. The third-order valence-corrected chi connectivity index (χ3v) is 3.50. The van der Waals surface area contributed by atoms with Gasteiger partial charge >= 0.3 is 0 Å². The van der Waals surface area contributed by atoms with Gasteiger partial charge in [0.25, 0.3) is 0 Å². The van der Waals surface area contributed by atoms with Gasteiger partial charge in [-0.25, -0.2) is 9.37 Å². The highest BCUT2D eigenvalue weighted by Crippen LogP contribution is 2.41. The van der Waals surface area contributed by atoms with E-state index >= 15 is 0 Å². The van der Waals surface area contributed by atoms with Crippen LogP contribution < -0.4 is 0 Å². The van der Waals surface area contributed by atoms with Gasteiger partial charge in [-0.2, -0.15) is 0 Å². The molecule has 0 aliphatic heterocycles. The van der Waals surface area contributed by atoms with Crippen molar-refractivity contribution in [1.29, 1.82) is 0 Å². The Morgan fingerprint density at radius 2 is 2.20 bits per heavy atom. The van der Waals surface area contributed by atoms with Gasteiger partial charge in [0.2, 0.25) is 0 Å². The zero-order valence-electron chi connectivity index (χ0n) is 8.11. The van der Waals surface area contributed by atoms with Crippen molar-refractivity contribution in [2.24, 2.45) is 0 Å². The van der Waals surface area contributed by atoms with Gasteiger partial charge in [0.15, 0.2) is 0 Å². The fraction of sp³-hybridized carbons (Fsp3) is 0.250. The van der Waals surface area contributed by atoms with Crippen LogP contribution in [0.5, 0.6) is 0 Å². The first-order chi connectivity index (χ1) is 7.33. The highest BCUT2D eigenvalue weighted by atomic mass is 32.1. The van der Waals surface area contributed by atoms with Crippen LogP contribution in [0.15, 0.2) is 29.6 Å².